The molecule has 2 rings (SSSR count). The minimum Gasteiger partial charge on any atom is -0.374 e. The number of nitrogens with two attached hydrogens (primary N) is 1. The molecule has 0 bridgehead atoms. The Morgan fingerprint density at radius 1 is 1.65 bits per heavy atom. The van der Waals surface area contributed by atoms with Crippen molar-refractivity contribution < 1.29 is 0 Å². The topological polar surface area (TPSA) is 54.5 Å². The lowest BCUT2D eigenvalue weighted by Gasteiger charge is -2.17. The van der Waals surface area contributed by atoms with Gasteiger partial charge in [0.15, 0.2) is 10.3 Å². The molecule has 0 aromatic carbocycles. The lowest BCUT2D eigenvalue weighted by atomic mass is 10.3. The molecule has 0 spiro atoms. The molecule has 4 nitrogen and oxygen atoms in total. The van der Waals surface area contributed by atoms with Crippen LogP contribution in [0.4, 0.5) is 0 Å². The highest BCUT2D eigenvalue weighted by Gasteiger charge is 2.19. The normalized spacial score (nSPS) is 17.7. The van der Waals surface area contributed by atoms with E-state index in [2.05, 4.69) is 14.9 Å². The van der Waals surface area contributed by atoms with Crippen molar-refractivity contribution in [3.8, 4) is 0 Å². The second-order valence-electron chi connectivity index (χ2n) is 3.49. The van der Waals surface area contributed by atoms with Gasteiger partial charge in [-0.05, 0) is 23.8 Å². The van der Waals surface area contributed by atoms with Crippen LogP contribution in [-0.2, 0) is 6.54 Å². The van der Waals surface area contributed by atoms with Crippen molar-refractivity contribution in [2.75, 3.05) is 12.3 Å². The summed E-state index contributed by atoms with van der Waals surface area (Å²) < 4.78 is 0. The molecule has 90 valence electrons. The fourth-order valence-electron chi connectivity index (χ4n) is 1.50. The molecular formula is C10H11ClN4S2. The van der Waals surface area contributed by atoms with E-state index < -0.39 is 0 Å². The van der Waals surface area contributed by atoms with Gasteiger partial charge in [-0.15, -0.1) is 0 Å². The van der Waals surface area contributed by atoms with Crippen molar-refractivity contribution in [2.45, 2.75) is 6.54 Å². The van der Waals surface area contributed by atoms with Gasteiger partial charge >= 0.3 is 0 Å². The zero-order chi connectivity index (χ0) is 12.3. The number of thiocarbonyl (C=S) groups is 1. The van der Waals surface area contributed by atoms with Crippen LogP contribution in [0.15, 0.2) is 23.3 Å². The van der Waals surface area contributed by atoms with E-state index >= 15 is 0 Å². The minimum absolute atomic E-state index is 0.175. The Hall–Kier alpha value is -0.850. The largest absolute Gasteiger partial charge is 0.374 e. The molecule has 0 saturated carbocycles. The smallest absolute Gasteiger partial charge is 0.192 e. The van der Waals surface area contributed by atoms with Crippen molar-refractivity contribution in [3.05, 3.63) is 29.0 Å². The number of nitrogens with zero attached hydrogens (tertiary/aromatic N) is 3. The van der Waals surface area contributed by atoms with Gasteiger partial charge in [-0.2, -0.15) is 4.99 Å². The molecule has 1 fully saturated rings. The number of halogens is 1. The number of hydrogen-bond acceptors (Lipinski definition) is 3. The summed E-state index contributed by atoms with van der Waals surface area (Å²) in [5.74, 6) is 1.00. The number of aromatic nitrogens is 1. The van der Waals surface area contributed by atoms with Crippen LogP contribution in [0.2, 0.25) is 5.15 Å². The van der Waals surface area contributed by atoms with Crippen LogP contribution in [0.3, 0.4) is 0 Å². The van der Waals surface area contributed by atoms with Crippen LogP contribution in [-0.4, -0.2) is 32.5 Å². The first-order valence-electron chi connectivity index (χ1n) is 5.01. The van der Waals surface area contributed by atoms with Crippen LogP contribution >= 0.6 is 35.6 Å². The third kappa shape index (κ3) is 3.55. The third-order valence-electron chi connectivity index (χ3n) is 2.23. The Labute approximate surface area is 114 Å². The maximum Gasteiger partial charge on any atom is 0.192 e. The van der Waals surface area contributed by atoms with Crippen molar-refractivity contribution >= 4 is 45.9 Å². The summed E-state index contributed by atoms with van der Waals surface area (Å²) in [7, 11) is 0. The summed E-state index contributed by atoms with van der Waals surface area (Å²) in [5, 5.41) is 1.56. The molecule has 0 atom stereocenters. The number of hydrogen-bond donors (Lipinski definition) is 1. The summed E-state index contributed by atoms with van der Waals surface area (Å²) in [4.78, 5) is 10.3. The van der Waals surface area contributed by atoms with E-state index in [0.717, 1.165) is 29.6 Å². The summed E-state index contributed by atoms with van der Waals surface area (Å²) in [6, 6.07) is 3.74. The maximum atomic E-state index is 5.74. The monoisotopic (exact) mass is 286 g/mol. The quantitative estimate of drug-likeness (QED) is 0.665. The minimum atomic E-state index is 0.175. The predicted octanol–water partition coefficient (Wildman–Crippen LogP) is 1.88. The first-order valence-corrected chi connectivity index (χ1v) is 6.78. The molecule has 7 heteroatoms. The molecule has 1 saturated heterocycles. The van der Waals surface area contributed by atoms with E-state index in [1.54, 1.807) is 24.0 Å². The van der Waals surface area contributed by atoms with Crippen LogP contribution in [0.1, 0.15) is 5.56 Å². The fraction of sp³-hybridized carbons (Fsp3) is 0.300. The molecule has 2 heterocycles. The maximum absolute atomic E-state index is 5.74. The molecule has 1 aliphatic heterocycles. The van der Waals surface area contributed by atoms with E-state index in [4.69, 9.17) is 29.6 Å². The van der Waals surface area contributed by atoms with Crippen molar-refractivity contribution in [1.82, 2.24) is 9.88 Å². The zero-order valence-corrected chi connectivity index (χ0v) is 11.4. The highest BCUT2D eigenvalue weighted by Crippen LogP contribution is 2.20. The zero-order valence-electron chi connectivity index (χ0n) is 8.97. The van der Waals surface area contributed by atoms with Crippen LogP contribution in [0, 0.1) is 0 Å². The third-order valence-corrected chi connectivity index (χ3v) is 3.54. The molecule has 17 heavy (non-hydrogen) atoms. The van der Waals surface area contributed by atoms with Gasteiger partial charge in [0.05, 0.1) is 0 Å². The Morgan fingerprint density at radius 2 is 2.47 bits per heavy atom. The number of pyridine rings is 1. The van der Waals surface area contributed by atoms with Crippen molar-refractivity contribution in [1.29, 1.82) is 0 Å². The van der Waals surface area contributed by atoms with E-state index in [0.29, 0.717) is 5.15 Å². The Bertz CT molecular complexity index is 446. The van der Waals surface area contributed by atoms with Crippen LogP contribution < -0.4 is 5.73 Å². The summed E-state index contributed by atoms with van der Waals surface area (Å²) >= 11 is 12.2. The Balaban J connectivity index is 2.07. The molecule has 0 aliphatic carbocycles. The summed E-state index contributed by atoms with van der Waals surface area (Å²) in [6.45, 7) is 1.69. The highest BCUT2D eigenvalue weighted by atomic mass is 35.5. The van der Waals surface area contributed by atoms with Gasteiger partial charge in [-0.25, -0.2) is 4.98 Å². The van der Waals surface area contributed by atoms with E-state index in [1.807, 2.05) is 6.07 Å². The number of aliphatic imine (C=N–C) groups is 1. The van der Waals surface area contributed by atoms with Crippen LogP contribution in [0.5, 0.6) is 0 Å². The number of rotatable bonds is 2. The summed E-state index contributed by atoms with van der Waals surface area (Å²) in [6.07, 6.45) is 1.77. The first kappa shape index (κ1) is 12.6. The van der Waals surface area contributed by atoms with Gasteiger partial charge in [-0.1, -0.05) is 29.4 Å². The van der Waals surface area contributed by atoms with E-state index in [1.165, 1.54) is 0 Å². The standard InChI is InChI=1S/C10H11ClN4S2/c11-8-2-1-7(5-13-8)6-15-3-4-17-10(15)14-9(12)16/h1-2,5H,3-4,6H2,(H2,12,16)/b14-10-. The molecule has 1 aromatic heterocycles. The van der Waals surface area contributed by atoms with Gasteiger partial charge in [0, 0.05) is 25.0 Å². The lowest BCUT2D eigenvalue weighted by Crippen LogP contribution is -2.25. The first-order chi connectivity index (χ1) is 8.15. The second kappa shape index (κ2) is 5.66. The molecule has 1 aromatic rings. The highest BCUT2D eigenvalue weighted by molar-refractivity contribution is 8.14. The molecule has 1 aliphatic rings. The van der Waals surface area contributed by atoms with Gasteiger partial charge < -0.3 is 10.6 Å². The molecule has 0 unspecified atom stereocenters. The predicted molar refractivity (Wildman–Crippen MR) is 76.3 cm³/mol. The van der Waals surface area contributed by atoms with Crippen LogP contribution in [0.25, 0.3) is 0 Å². The molecule has 0 radical (unpaired) electrons. The average molecular weight is 287 g/mol. The van der Waals surface area contributed by atoms with Gasteiger partial charge in [0.25, 0.3) is 0 Å². The average Bonchev–Trinajstić information content (AvgIpc) is 2.68. The van der Waals surface area contributed by atoms with Crippen molar-refractivity contribution in [3.63, 3.8) is 0 Å². The van der Waals surface area contributed by atoms with Gasteiger partial charge in [0.1, 0.15) is 5.15 Å². The Kier molecular flexibility index (Phi) is 4.20. The Morgan fingerprint density at radius 3 is 3.12 bits per heavy atom. The van der Waals surface area contributed by atoms with Gasteiger partial charge in [-0.3, -0.25) is 0 Å². The van der Waals surface area contributed by atoms with Gasteiger partial charge in [0.2, 0.25) is 0 Å². The molecular weight excluding hydrogens is 276 g/mol. The van der Waals surface area contributed by atoms with E-state index in [-0.39, 0.29) is 5.11 Å². The number of amidine groups is 1. The molecule has 0 amide bonds. The fourth-order valence-corrected chi connectivity index (χ4v) is 2.75. The van der Waals surface area contributed by atoms with E-state index in [9.17, 15) is 0 Å². The SMILES string of the molecule is NC(=S)/N=C1\SCCN1Cc1ccc(Cl)nc1. The number of thioether (sulfide) groups is 1. The lowest BCUT2D eigenvalue weighted by molar-refractivity contribution is 0.457. The summed E-state index contributed by atoms with van der Waals surface area (Å²) in [5.41, 5.74) is 6.51. The molecule has 2 N–H and O–H groups in total. The second-order valence-corrected chi connectivity index (χ2v) is 5.36. The van der Waals surface area contributed by atoms with Crippen molar-refractivity contribution in [2.24, 2.45) is 10.7 Å².